The van der Waals surface area contributed by atoms with E-state index in [1.165, 1.54) is 43.5 Å². The normalized spacial score (nSPS) is 15.5. The van der Waals surface area contributed by atoms with E-state index in [-0.39, 0.29) is 34.5 Å². The Hall–Kier alpha value is -4.45. The van der Waals surface area contributed by atoms with E-state index in [4.69, 9.17) is 0 Å². The molecule has 48 heavy (non-hydrogen) atoms. The van der Waals surface area contributed by atoms with Crippen molar-refractivity contribution in [2.45, 2.75) is 84.1 Å². The van der Waals surface area contributed by atoms with Gasteiger partial charge in [-0.1, -0.05) is 6.07 Å². The summed E-state index contributed by atoms with van der Waals surface area (Å²) < 4.78 is 42.1. The molecule has 2 aromatic heterocycles. The van der Waals surface area contributed by atoms with Gasteiger partial charge < -0.3 is 20.6 Å². The summed E-state index contributed by atoms with van der Waals surface area (Å²) in [6.07, 6.45) is 2.83. The number of benzene rings is 2. The molecule has 0 saturated carbocycles. The Bertz CT molecular complexity index is 1770. The van der Waals surface area contributed by atoms with E-state index in [0.717, 1.165) is 40.7 Å². The molecule has 4 aromatic rings. The number of phenols is 1. The number of nitrogens with one attached hydrogen (secondary N) is 2. The molecule has 3 N–H and O–H groups in total. The fourth-order valence-corrected chi connectivity index (χ4v) is 6.68. The lowest BCUT2D eigenvalue weighted by atomic mass is 10.0. The van der Waals surface area contributed by atoms with Gasteiger partial charge in [0.15, 0.2) is 0 Å². The number of anilines is 1. The van der Waals surface area contributed by atoms with Crippen molar-refractivity contribution < 1.29 is 27.9 Å². The second-order valence-electron chi connectivity index (χ2n) is 12.8. The number of thiazole rings is 1. The summed E-state index contributed by atoms with van der Waals surface area (Å²) in [6.45, 7) is 7.46. The van der Waals surface area contributed by atoms with Crippen LogP contribution in [0.3, 0.4) is 0 Å². The molecule has 3 heterocycles. The van der Waals surface area contributed by atoms with Crippen LogP contribution in [0.1, 0.15) is 106 Å². The standard InChI is InChI=1S/C36H40F3N5O3S/c1-21(7-8-23-9-10-29(31(45)13-23)41-18-24-12-28(19-40-17-24)36(3,4)39)42-33(46)26-14-25(32(37)38)15-27(16-26)35(47)44-11-5-6-30(44)34-43-22(2)20-48-34/h9-10,12-17,19-21,30,32,41,45H,5-8,11,18H2,1-4H3,(H,42,46)/t21-,30+/m0/s1. The second-order valence-corrected chi connectivity index (χ2v) is 13.7. The summed E-state index contributed by atoms with van der Waals surface area (Å²) in [5.74, 6) is -0.906. The molecule has 1 saturated heterocycles. The molecule has 1 aliphatic heterocycles. The van der Waals surface area contributed by atoms with Gasteiger partial charge in [-0.05, 0) is 101 Å². The quantitative estimate of drug-likeness (QED) is 0.131. The first-order chi connectivity index (χ1) is 22.8. The van der Waals surface area contributed by atoms with Gasteiger partial charge >= 0.3 is 0 Å². The van der Waals surface area contributed by atoms with Gasteiger partial charge in [-0.15, -0.1) is 11.3 Å². The Morgan fingerprint density at radius 1 is 1.10 bits per heavy atom. The topological polar surface area (TPSA) is 107 Å². The maximum atomic E-state index is 14.3. The van der Waals surface area contributed by atoms with Crippen molar-refractivity contribution in [1.29, 1.82) is 0 Å². The monoisotopic (exact) mass is 679 g/mol. The van der Waals surface area contributed by atoms with Crippen LogP contribution >= 0.6 is 11.3 Å². The fraction of sp³-hybridized carbons (Fsp3) is 0.389. The predicted molar refractivity (Wildman–Crippen MR) is 180 cm³/mol. The summed E-state index contributed by atoms with van der Waals surface area (Å²) in [7, 11) is 0. The molecule has 1 fully saturated rings. The zero-order chi connectivity index (χ0) is 34.6. The molecule has 5 rings (SSSR count). The fourth-order valence-electron chi connectivity index (χ4n) is 5.74. The van der Waals surface area contributed by atoms with E-state index in [9.17, 15) is 27.9 Å². The van der Waals surface area contributed by atoms with Gasteiger partial charge in [-0.25, -0.2) is 18.2 Å². The van der Waals surface area contributed by atoms with Crippen LogP contribution in [-0.2, 0) is 18.6 Å². The molecule has 12 heteroatoms. The number of amides is 2. The number of halogens is 3. The molecule has 254 valence electrons. The number of likely N-dealkylation sites (tertiary alicyclic amines) is 1. The Labute approximate surface area is 282 Å². The molecule has 2 atom stereocenters. The van der Waals surface area contributed by atoms with Gasteiger partial charge in [0.2, 0.25) is 0 Å². The summed E-state index contributed by atoms with van der Waals surface area (Å²) in [5.41, 5.74) is 1.59. The lowest BCUT2D eigenvalue weighted by Crippen LogP contribution is -2.34. The van der Waals surface area contributed by atoms with Crippen LogP contribution in [0.15, 0.2) is 60.2 Å². The Morgan fingerprint density at radius 3 is 2.56 bits per heavy atom. The second kappa shape index (κ2) is 14.8. The molecule has 1 aliphatic rings. The summed E-state index contributed by atoms with van der Waals surface area (Å²) >= 11 is 1.47. The Morgan fingerprint density at radius 2 is 1.88 bits per heavy atom. The summed E-state index contributed by atoms with van der Waals surface area (Å²) in [4.78, 5) is 37.1. The van der Waals surface area contributed by atoms with Gasteiger partial charge in [0.1, 0.15) is 16.4 Å². The molecule has 2 aromatic carbocycles. The molecular weight excluding hydrogens is 639 g/mol. The zero-order valence-corrected chi connectivity index (χ0v) is 28.2. The van der Waals surface area contributed by atoms with E-state index in [0.29, 0.717) is 37.2 Å². The van der Waals surface area contributed by atoms with Gasteiger partial charge in [0.05, 0.1) is 11.7 Å². The van der Waals surface area contributed by atoms with E-state index in [1.54, 1.807) is 29.3 Å². The van der Waals surface area contributed by atoms with E-state index >= 15 is 0 Å². The van der Waals surface area contributed by atoms with Crippen molar-refractivity contribution in [3.8, 4) is 5.75 Å². The van der Waals surface area contributed by atoms with E-state index in [1.807, 2.05) is 25.3 Å². The van der Waals surface area contributed by atoms with Gasteiger partial charge in [-0.2, -0.15) is 0 Å². The number of aryl methyl sites for hydroxylation is 2. The number of phenolic OH excluding ortho intramolecular Hbond substituents is 1. The van der Waals surface area contributed by atoms with E-state index in [2.05, 4.69) is 20.6 Å². The number of carbonyl (C=O) groups is 2. The van der Waals surface area contributed by atoms with Crippen LogP contribution in [0.5, 0.6) is 5.75 Å². The maximum absolute atomic E-state index is 14.3. The molecule has 0 aliphatic carbocycles. The number of nitrogens with zero attached hydrogens (tertiary/aromatic N) is 3. The van der Waals surface area contributed by atoms with Gasteiger partial charge in [0.25, 0.3) is 18.2 Å². The minimum Gasteiger partial charge on any atom is -0.506 e. The number of rotatable bonds is 12. The average molecular weight is 680 g/mol. The van der Waals surface area contributed by atoms with Crippen LogP contribution in [0, 0.1) is 6.92 Å². The number of pyridine rings is 1. The third kappa shape index (κ3) is 8.52. The largest absolute Gasteiger partial charge is 0.506 e. The van der Waals surface area contributed by atoms with Crippen molar-refractivity contribution in [2.24, 2.45) is 0 Å². The highest BCUT2D eigenvalue weighted by Gasteiger charge is 2.33. The lowest BCUT2D eigenvalue weighted by molar-refractivity contribution is 0.0734. The third-order valence-electron chi connectivity index (χ3n) is 8.42. The van der Waals surface area contributed by atoms with Crippen molar-refractivity contribution >= 4 is 28.8 Å². The third-order valence-corrected chi connectivity index (χ3v) is 9.49. The number of hydrogen-bond acceptors (Lipinski definition) is 7. The number of carbonyl (C=O) groups excluding carboxylic acids is 2. The van der Waals surface area contributed by atoms with Crippen LogP contribution in [0.4, 0.5) is 18.9 Å². The van der Waals surface area contributed by atoms with Crippen molar-refractivity contribution in [2.75, 3.05) is 11.9 Å². The highest BCUT2D eigenvalue weighted by molar-refractivity contribution is 7.09. The van der Waals surface area contributed by atoms with Crippen molar-refractivity contribution in [3.63, 3.8) is 0 Å². The Kier molecular flexibility index (Phi) is 10.7. The van der Waals surface area contributed by atoms with Crippen LogP contribution < -0.4 is 10.6 Å². The minimum atomic E-state index is -2.85. The molecule has 0 bridgehead atoms. The number of hydrogen-bond donors (Lipinski definition) is 3. The van der Waals surface area contributed by atoms with Gasteiger partial charge in [0, 0.05) is 64.9 Å². The highest BCUT2D eigenvalue weighted by atomic mass is 32.1. The van der Waals surface area contributed by atoms with Crippen LogP contribution in [-0.4, -0.2) is 44.4 Å². The molecule has 0 radical (unpaired) electrons. The minimum absolute atomic E-state index is 0.00673. The summed E-state index contributed by atoms with van der Waals surface area (Å²) in [6, 6.07) is 10.1. The number of alkyl halides is 3. The van der Waals surface area contributed by atoms with Crippen molar-refractivity contribution in [1.82, 2.24) is 20.2 Å². The first-order valence-electron chi connectivity index (χ1n) is 15.9. The maximum Gasteiger partial charge on any atom is 0.263 e. The number of aromatic hydroxyl groups is 1. The first-order valence-corrected chi connectivity index (χ1v) is 16.8. The smallest absolute Gasteiger partial charge is 0.263 e. The molecular formula is C36H40F3N5O3S. The Balaban J connectivity index is 1.19. The average Bonchev–Trinajstić information content (AvgIpc) is 3.71. The van der Waals surface area contributed by atoms with E-state index < -0.39 is 23.9 Å². The van der Waals surface area contributed by atoms with Crippen LogP contribution in [0.2, 0.25) is 0 Å². The SMILES string of the molecule is Cc1csc([C@H]2CCCN2C(=O)c2cc(C(=O)N[C@@H](C)CCc3ccc(NCc4cncc(C(C)(C)F)c4)c(O)c3)cc(C(F)F)c2)n1. The molecule has 2 amide bonds. The molecule has 0 unspecified atom stereocenters. The molecule has 0 spiro atoms. The summed E-state index contributed by atoms with van der Waals surface area (Å²) in [5, 5.41) is 19.4. The number of aromatic nitrogens is 2. The predicted octanol–water partition coefficient (Wildman–Crippen LogP) is 8.03. The zero-order valence-electron chi connectivity index (χ0n) is 27.4. The van der Waals surface area contributed by atoms with Gasteiger partial charge in [-0.3, -0.25) is 14.6 Å². The van der Waals surface area contributed by atoms with Crippen LogP contribution in [0.25, 0.3) is 0 Å². The van der Waals surface area contributed by atoms with Crippen molar-refractivity contribution in [3.05, 3.63) is 104 Å². The highest BCUT2D eigenvalue weighted by Crippen LogP contribution is 2.35. The molecule has 8 nitrogen and oxygen atoms in total. The lowest BCUT2D eigenvalue weighted by Gasteiger charge is -2.24. The first kappa shape index (κ1) is 34.9.